The van der Waals surface area contributed by atoms with Gasteiger partial charge in [0.2, 0.25) is 0 Å². The first-order valence-corrected chi connectivity index (χ1v) is 11.1. The molecule has 3 nitrogen and oxygen atoms in total. The van der Waals surface area contributed by atoms with Crippen LogP contribution in [-0.2, 0) is 6.61 Å². The Morgan fingerprint density at radius 2 is 1.39 bits per heavy atom. The van der Waals surface area contributed by atoms with Gasteiger partial charge in [0.05, 0.1) is 20.1 Å². The van der Waals surface area contributed by atoms with Crippen molar-refractivity contribution in [3.05, 3.63) is 90.8 Å². The quantitative estimate of drug-likeness (QED) is 0.286. The first-order valence-electron chi connectivity index (χ1n) is 8.79. The second-order valence-corrected chi connectivity index (χ2v) is 8.77. The fourth-order valence-corrected chi connectivity index (χ4v) is 3.48. The number of ether oxygens (including phenoxy) is 3. The molecule has 0 unspecified atom stereocenters. The third-order valence-electron chi connectivity index (χ3n) is 3.87. The molecule has 0 heterocycles. The number of benzene rings is 3. The highest BCUT2D eigenvalue weighted by Gasteiger charge is 2.11. The molecule has 0 N–H and O–H groups in total. The minimum atomic E-state index is 0.113. The van der Waals surface area contributed by atoms with E-state index in [9.17, 15) is 0 Å². The summed E-state index contributed by atoms with van der Waals surface area (Å²) in [6, 6.07) is 15.6. The van der Waals surface area contributed by atoms with Crippen LogP contribution in [0.25, 0.3) is 0 Å². The first kappa shape index (κ1) is 24.2. The lowest BCUT2D eigenvalue weighted by molar-refractivity contribution is 0.304. The smallest absolute Gasteiger partial charge is 0.157 e. The highest BCUT2D eigenvalue weighted by molar-refractivity contribution is 6.55. The predicted octanol–water partition coefficient (Wildman–Crippen LogP) is 9.37. The zero-order valence-corrected chi connectivity index (χ0v) is 20.2. The number of halogens is 6. The Balaban J connectivity index is 1.66. The lowest BCUT2D eigenvalue weighted by Crippen LogP contribution is -1.99. The van der Waals surface area contributed by atoms with E-state index in [1.165, 1.54) is 6.08 Å². The van der Waals surface area contributed by atoms with Gasteiger partial charge in [-0.05, 0) is 35.9 Å². The van der Waals surface area contributed by atoms with Crippen LogP contribution in [0.4, 0.5) is 0 Å². The van der Waals surface area contributed by atoms with E-state index in [0.717, 1.165) is 5.56 Å². The van der Waals surface area contributed by atoms with Crippen LogP contribution < -0.4 is 14.2 Å². The molecule has 0 spiro atoms. The van der Waals surface area contributed by atoms with Crippen LogP contribution in [0.5, 0.6) is 23.0 Å². The molecule has 0 saturated carbocycles. The Bertz CT molecular complexity index is 1070. The third kappa shape index (κ3) is 7.28. The van der Waals surface area contributed by atoms with Crippen LogP contribution in [0.1, 0.15) is 5.56 Å². The van der Waals surface area contributed by atoms with Crippen molar-refractivity contribution < 1.29 is 14.2 Å². The minimum Gasteiger partial charge on any atom is -0.489 e. The molecule has 0 fully saturated rings. The number of rotatable bonds is 8. The van der Waals surface area contributed by atoms with Gasteiger partial charge in [-0.2, -0.15) is 0 Å². The third-order valence-corrected chi connectivity index (χ3v) is 5.48. The summed E-state index contributed by atoms with van der Waals surface area (Å²) in [5, 5.41) is 1.50. The monoisotopic (exact) mass is 536 g/mol. The molecule has 0 bridgehead atoms. The number of hydrogen-bond acceptors (Lipinski definition) is 3. The molecule has 0 saturated heterocycles. The molecular weight excluding hydrogens is 525 g/mol. The zero-order valence-electron chi connectivity index (χ0n) is 15.7. The van der Waals surface area contributed by atoms with Crippen LogP contribution in [0, 0.1) is 0 Å². The van der Waals surface area contributed by atoms with E-state index in [1.54, 1.807) is 30.3 Å². The van der Waals surface area contributed by atoms with Gasteiger partial charge in [0, 0.05) is 18.2 Å². The fourth-order valence-electron chi connectivity index (χ4n) is 2.49. The summed E-state index contributed by atoms with van der Waals surface area (Å²) in [4.78, 5) is 0. The number of hydrogen-bond donors (Lipinski definition) is 0. The highest BCUT2D eigenvalue weighted by Crippen LogP contribution is 2.37. The maximum Gasteiger partial charge on any atom is 0.157 e. The van der Waals surface area contributed by atoms with Gasteiger partial charge < -0.3 is 14.2 Å². The van der Waals surface area contributed by atoms with Crippen molar-refractivity contribution in [3.63, 3.8) is 0 Å². The Hall–Kier alpha value is -1.46. The predicted molar refractivity (Wildman–Crippen MR) is 129 cm³/mol. The Kier molecular flexibility index (Phi) is 8.91. The van der Waals surface area contributed by atoms with Gasteiger partial charge in [-0.1, -0.05) is 81.7 Å². The summed E-state index contributed by atoms with van der Waals surface area (Å²) in [6.45, 7) is 0.406. The highest BCUT2D eigenvalue weighted by atomic mass is 35.5. The van der Waals surface area contributed by atoms with E-state index >= 15 is 0 Å². The van der Waals surface area contributed by atoms with E-state index < -0.39 is 0 Å². The molecule has 0 aliphatic heterocycles. The molecule has 0 atom stereocenters. The molecule has 3 aromatic rings. The van der Waals surface area contributed by atoms with Gasteiger partial charge in [-0.15, -0.1) is 0 Å². The standard InChI is InChI=1S/C22H14Cl6O3/c23-17-5-4-15(9-18(17)24)31-14-3-1-2-13(8-14)12-30-22-19(25)10-16(11-20(22)26)29-7-6-21(27)28/h1-6,8-11H,7,12H2. The molecule has 9 heteroatoms. The van der Waals surface area contributed by atoms with Crippen molar-refractivity contribution in [1.29, 1.82) is 0 Å². The molecule has 0 aliphatic carbocycles. The van der Waals surface area contributed by atoms with E-state index in [-0.39, 0.29) is 17.7 Å². The Morgan fingerprint density at radius 3 is 2.06 bits per heavy atom. The van der Waals surface area contributed by atoms with E-state index in [0.29, 0.717) is 43.1 Å². The van der Waals surface area contributed by atoms with Gasteiger partial charge in [0.25, 0.3) is 0 Å². The van der Waals surface area contributed by atoms with Gasteiger partial charge in [0.15, 0.2) is 5.75 Å². The second kappa shape index (κ2) is 11.4. The van der Waals surface area contributed by atoms with Crippen LogP contribution in [0.2, 0.25) is 20.1 Å². The van der Waals surface area contributed by atoms with Gasteiger partial charge in [0.1, 0.15) is 35.0 Å². The van der Waals surface area contributed by atoms with Crippen LogP contribution in [-0.4, -0.2) is 6.61 Å². The van der Waals surface area contributed by atoms with Gasteiger partial charge >= 0.3 is 0 Å². The SMILES string of the molecule is ClC(Cl)=CCOc1cc(Cl)c(OCc2cccc(Oc3ccc(Cl)c(Cl)c3)c2)c(Cl)c1. The van der Waals surface area contributed by atoms with Crippen LogP contribution >= 0.6 is 69.6 Å². The van der Waals surface area contributed by atoms with Crippen LogP contribution in [0.3, 0.4) is 0 Å². The van der Waals surface area contributed by atoms with Crippen LogP contribution in [0.15, 0.2) is 65.2 Å². The van der Waals surface area contributed by atoms with E-state index in [4.69, 9.17) is 83.8 Å². The maximum absolute atomic E-state index is 6.30. The largest absolute Gasteiger partial charge is 0.489 e. The summed E-state index contributed by atoms with van der Waals surface area (Å²) in [5.74, 6) is 1.99. The summed E-state index contributed by atoms with van der Waals surface area (Å²) in [6.07, 6.45) is 1.50. The molecule has 3 rings (SSSR count). The van der Waals surface area contributed by atoms with Crippen molar-refractivity contribution >= 4 is 69.6 Å². The lowest BCUT2D eigenvalue weighted by atomic mass is 10.2. The van der Waals surface area contributed by atoms with Gasteiger partial charge in [-0.3, -0.25) is 0 Å². The van der Waals surface area contributed by atoms with Crippen molar-refractivity contribution in [2.75, 3.05) is 6.61 Å². The minimum absolute atomic E-state index is 0.113. The zero-order chi connectivity index (χ0) is 22.4. The average Bonchev–Trinajstić information content (AvgIpc) is 2.70. The summed E-state index contributed by atoms with van der Waals surface area (Å²) in [5.41, 5.74) is 0.854. The maximum atomic E-state index is 6.30. The fraction of sp³-hybridized carbons (Fsp3) is 0.0909. The molecule has 0 radical (unpaired) electrons. The first-order chi connectivity index (χ1) is 14.8. The van der Waals surface area contributed by atoms with Gasteiger partial charge in [-0.25, -0.2) is 0 Å². The molecule has 0 amide bonds. The Morgan fingerprint density at radius 1 is 0.710 bits per heavy atom. The van der Waals surface area contributed by atoms with Crippen molar-refractivity contribution in [2.45, 2.75) is 6.61 Å². The summed E-state index contributed by atoms with van der Waals surface area (Å²) in [7, 11) is 0. The Labute approximate surface area is 209 Å². The van der Waals surface area contributed by atoms with E-state index in [2.05, 4.69) is 0 Å². The molecule has 162 valence electrons. The molecular formula is C22H14Cl6O3. The second-order valence-electron chi connectivity index (χ2n) is 6.13. The molecule has 0 aromatic heterocycles. The topological polar surface area (TPSA) is 27.7 Å². The summed E-state index contributed by atoms with van der Waals surface area (Å²) >= 11 is 35.7. The normalized spacial score (nSPS) is 10.5. The molecule has 31 heavy (non-hydrogen) atoms. The van der Waals surface area contributed by atoms with Crippen molar-refractivity contribution in [3.8, 4) is 23.0 Å². The summed E-state index contributed by atoms with van der Waals surface area (Å²) < 4.78 is 17.3. The van der Waals surface area contributed by atoms with Crippen molar-refractivity contribution in [2.24, 2.45) is 0 Å². The lowest BCUT2D eigenvalue weighted by Gasteiger charge is -2.13. The molecule has 3 aromatic carbocycles. The average molecular weight is 539 g/mol. The van der Waals surface area contributed by atoms with Crippen molar-refractivity contribution in [1.82, 2.24) is 0 Å². The van der Waals surface area contributed by atoms with E-state index in [1.807, 2.05) is 24.3 Å². The molecule has 0 aliphatic rings.